The molecule has 106 valence electrons. The van der Waals surface area contributed by atoms with Crippen LogP contribution >= 0.6 is 0 Å². The summed E-state index contributed by atoms with van der Waals surface area (Å²) in [6.07, 6.45) is 4.61. The van der Waals surface area contributed by atoms with E-state index in [4.69, 9.17) is 10.5 Å². The Morgan fingerprint density at radius 1 is 1.16 bits per heavy atom. The summed E-state index contributed by atoms with van der Waals surface area (Å²) in [5, 5.41) is 10.2. The van der Waals surface area contributed by atoms with Crippen molar-refractivity contribution >= 4 is 0 Å². The van der Waals surface area contributed by atoms with Gasteiger partial charge in [-0.1, -0.05) is 26.0 Å². The monoisotopic (exact) mass is 263 g/mol. The van der Waals surface area contributed by atoms with Crippen LogP contribution in [-0.4, -0.2) is 17.3 Å². The van der Waals surface area contributed by atoms with E-state index in [1.165, 1.54) is 12.8 Å². The van der Waals surface area contributed by atoms with Crippen molar-refractivity contribution in [1.29, 1.82) is 0 Å². The summed E-state index contributed by atoms with van der Waals surface area (Å²) in [5.74, 6) is 1.14. The first-order valence-electron chi connectivity index (χ1n) is 7.28. The number of benzene rings is 1. The second-order valence-corrected chi connectivity index (χ2v) is 5.86. The molecule has 1 aromatic carbocycles. The first-order chi connectivity index (χ1) is 9.08. The standard InChI is InChI=1S/C16H25NO2/c1-11(2)15(17)16(18)12-7-9-14(10-8-12)19-13-5-3-4-6-13/h7-11,13,15-16,18H,3-6,17H2,1-2H3. The highest BCUT2D eigenvalue weighted by molar-refractivity contribution is 5.29. The lowest BCUT2D eigenvalue weighted by atomic mass is 9.94. The average Bonchev–Trinajstić information content (AvgIpc) is 2.90. The van der Waals surface area contributed by atoms with Crippen LogP contribution in [0, 0.1) is 5.92 Å². The van der Waals surface area contributed by atoms with Crippen molar-refractivity contribution in [2.75, 3.05) is 0 Å². The first-order valence-corrected chi connectivity index (χ1v) is 7.28. The highest BCUT2D eigenvalue weighted by atomic mass is 16.5. The zero-order valence-electron chi connectivity index (χ0n) is 11.9. The predicted molar refractivity (Wildman–Crippen MR) is 77.1 cm³/mol. The Kier molecular flexibility index (Phi) is 4.83. The molecule has 0 aliphatic heterocycles. The molecule has 1 aromatic rings. The molecule has 1 fully saturated rings. The smallest absolute Gasteiger partial charge is 0.119 e. The van der Waals surface area contributed by atoms with Crippen LogP contribution < -0.4 is 10.5 Å². The lowest BCUT2D eigenvalue weighted by molar-refractivity contribution is 0.125. The van der Waals surface area contributed by atoms with Gasteiger partial charge in [0.1, 0.15) is 5.75 Å². The van der Waals surface area contributed by atoms with Crippen LogP contribution in [0.3, 0.4) is 0 Å². The Hall–Kier alpha value is -1.06. The lowest BCUT2D eigenvalue weighted by Crippen LogP contribution is -2.33. The van der Waals surface area contributed by atoms with E-state index in [0.717, 1.165) is 24.2 Å². The molecular formula is C16H25NO2. The fourth-order valence-corrected chi connectivity index (χ4v) is 2.53. The van der Waals surface area contributed by atoms with Crippen LogP contribution in [0.25, 0.3) is 0 Å². The quantitative estimate of drug-likeness (QED) is 0.858. The minimum Gasteiger partial charge on any atom is -0.490 e. The van der Waals surface area contributed by atoms with E-state index in [0.29, 0.717) is 6.10 Å². The summed E-state index contributed by atoms with van der Waals surface area (Å²) in [6, 6.07) is 7.46. The van der Waals surface area contributed by atoms with E-state index in [1.807, 2.05) is 38.1 Å². The second kappa shape index (κ2) is 6.40. The molecule has 3 N–H and O–H groups in total. The number of hydrogen-bond donors (Lipinski definition) is 2. The SMILES string of the molecule is CC(C)C(N)C(O)c1ccc(OC2CCCC2)cc1. The molecule has 0 bridgehead atoms. The minimum atomic E-state index is -0.611. The van der Waals surface area contributed by atoms with Crippen molar-refractivity contribution in [3.63, 3.8) is 0 Å². The van der Waals surface area contributed by atoms with Gasteiger partial charge in [-0.2, -0.15) is 0 Å². The molecule has 0 aromatic heterocycles. The van der Waals surface area contributed by atoms with Crippen molar-refractivity contribution < 1.29 is 9.84 Å². The first kappa shape index (κ1) is 14.4. The average molecular weight is 263 g/mol. The van der Waals surface area contributed by atoms with Crippen LogP contribution in [0.5, 0.6) is 5.75 Å². The van der Waals surface area contributed by atoms with Gasteiger partial charge < -0.3 is 15.6 Å². The molecule has 1 saturated carbocycles. The van der Waals surface area contributed by atoms with Crippen LogP contribution in [0.4, 0.5) is 0 Å². The van der Waals surface area contributed by atoms with E-state index in [9.17, 15) is 5.11 Å². The summed E-state index contributed by atoms with van der Waals surface area (Å²) < 4.78 is 5.91. The maximum absolute atomic E-state index is 10.2. The summed E-state index contributed by atoms with van der Waals surface area (Å²) in [5.41, 5.74) is 6.84. The Labute approximate surface area is 115 Å². The molecule has 0 heterocycles. The topological polar surface area (TPSA) is 55.5 Å². The van der Waals surface area contributed by atoms with Gasteiger partial charge in [-0.25, -0.2) is 0 Å². The number of aliphatic hydroxyl groups is 1. The molecule has 0 amide bonds. The van der Waals surface area contributed by atoms with Crippen LogP contribution in [0.2, 0.25) is 0 Å². The molecule has 2 atom stereocenters. The summed E-state index contributed by atoms with van der Waals surface area (Å²) in [7, 11) is 0. The van der Waals surface area contributed by atoms with Crippen molar-refractivity contribution in [1.82, 2.24) is 0 Å². The third-order valence-corrected chi connectivity index (χ3v) is 3.96. The van der Waals surface area contributed by atoms with Crippen LogP contribution in [0.15, 0.2) is 24.3 Å². The van der Waals surface area contributed by atoms with Crippen molar-refractivity contribution in [3.8, 4) is 5.75 Å². The van der Waals surface area contributed by atoms with E-state index < -0.39 is 6.10 Å². The molecule has 3 nitrogen and oxygen atoms in total. The van der Waals surface area contributed by atoms with Gasteiger partial charge in [0.15, 0.2) is 0 Å². The number of rotatable bonds is 5. The zero-order valence-corrected chi connectivity index (χ0v) is 11.9. The molecular weight excluding hydrogens is 238 g/mol. The Balaban J connectivity index is 1.97. The highest BCUT2D eigenvalue weighted by Gasteiger charge is 2.20. The normalized spacial score (nSPS) is 19.6. The predicted octanol–water partition coefficient (Wildman–Crippen LogP) is 3.02. The molecule has 2 rings (SSSR count). The molecule has 1 aliphatic carbocycles. The number of aliphatic hydroxyl groups excluding tert-OH is 1. The fraction of sp³-hybridized carbons (Fsp3) is 0.625. The molecule has 1 aliphatic rings. The third kappa shape index (κ3) is 3.71. The van der Waals surface area contributed by atoms with E-state index >= 15 is 0 Å². The highest BCUT2D eigenvalue weighted by Crippen LogP contribution is 2.26. The van der Waals surface area contributed by atoms with Gasteiger partial charge in [0, 0.05) is 6.04 Å². The molecule has 0 spiro atoms. The Morgan fingerprint density at radius 2 is 1.74 bits per heavy atom. The zero-order chi connectivity index (χ0) is 13.8. The summed E-state index contributed by atoms with van der Waals surface area (Å²) in [6.45, 7) is 4.04. The number of nitrogens with two attached hydrogens (primary N) is 1. The molecule has 0 radical (unpaired) electrons. The fourth-order valence-electron chi connectivity index (χ4n) is 2.53. The lowest BCUT2D eigenvalue weighted by Gasteiger charge is -2.22. The van der Waals surface area contributed by atoms with E-state index in [2.05, 4.69) is 0 Å². The summed E-state index contributed by atoms with van der Waals surface area (Å²) >= 11 is 0. The van der Waals surface area contributed by atoms with Gasteiger partial charge in [0.25, 0.3) is 0 Å². The summed E-state index contributed by atoms with van der Waals surface area (Å²) in [4.78, 5) is 0. The van der Waals surface area contributed by atoms with Gasteiger partial charge >= 0.3 is 0 Å². The van der Waals surface area contributed by atoms with E-state index in [-0.39, 0.29) is 12.0 Å². The van der Waals surface area contributed by atoms with Gasteiger partial charge in [-0.15, -0.1) is 0 Å². The molecule has 2 unspecified atom stereocenters. The third-order valence-electron chi connectivity index (χ3n) is 3.96. The van der Waals surface area contributed by atoms with Gasteiger partial charge in [0.05, 0.1) is 12.2 Å². The van der Waals surface area contributed by atoms with Crippen molar-refractivity contribution in [3.05, 3.63) is 29.8 Å². The Morgan fingerprint density at radius 3 is 2.26 bits per heavy atom. The molecule has 3 heteroatoms. The molecule has 0 saturated heterocycles. The van der Waals surface area contributed by atoms with Gasteiger partial charge in [-0.05, 0) is 49.3 Å². The van der Waals surface area contributed by atoms with E-state index in [1.54, 1.807) is 0 Å². The second-order valence-electron chi connectivity index (χ2n) is 5.86. The van der Waals surface area contributed by atoms with Gasteiger partial charge in [-0.3, -0.25) is 0 Å². The maximum Gasteiger partial charge on any atom is 0.119 e. The van der Waals surface area contributed by atoms with Crippen molar-refractivity contribution in [2.45, 2.75) is 57.8 Å². The Bertz CT molecular complexity index is 382. The maximum atomic E-state index is 10.2. The van der Waals surface area contributed by atoms with Gasteiger partial charge in [0.2, 0.25) is 0 Å². The molecule has 19 heavy (non-hydrogen) atoms. The number of hydrogen-bond acceptors (Lipinski definition) is 3. The van der Waals surface area contributed by atoms with Crippen LogP contribution in [-0.2, 0) is 0 Å². The largest absolute Gasteiger partial charge is 0.490 e. The number of ether oxygens (including phenoxy) is 1. The van der Waals surface area contributed by atoms with Crippen molar-refractivity contribution in [2.24, 2.45) is 11.7 Å². The van der Waals surface area contributed by atoms with Crippen LogP contribution in [0.1, 0.15) is 51.2 Å². The minimum absolute atomic E-state index is 0.235.